The highest BCUT2D eigenvalue weighted by Crippen LogP contribution is 2.41. The van der Waals surface area contributed by atoms with E-state index >= 15 is 0 Å². The van der Waals surface area contributed by atoms with Crippen molar-refractivity contribution >= 4 is 82.4 Å². The summed E-state index contributed by atoms with van der Waals surface area (Å²) in [5.41, 5.74) is 15.5. The Balaban J connectivity index is 0.889. The quantitative estimate of drug-likeness (QED) is 0.149. The topological polar surface area (TPSA) is 21.3 Å². The number of anilines is 3. The fraction of sp³-hybridized carbons (Fsp3) is 0. The van der Waals surface area contributed by atoms with Crippen molar-refractivity contribution in [2.24, 2.45) is 0 Å². The zero-order chi connectivity index (χ0) is 42.8. The Bertz CT molecular complexity index is 3880. The predicted octanol–water partition coefficient (Wildman–Crippen LogP) is 17.5. The highest BCUT2D eigenvalue weighted by molar-refractivity contribution is 6.10. The van der Waals surface area contributed by atoms with Gasteiger partial charge in [0.15, 0.2) is 0 Å². The van der Waals surface area contributed by atoms with Gasteiger partial charge in [-0.15, -0.1) is 0 Å². The van der Waals surface area contributed by atoms with Crippen LogP contribution in [-0.4, -0.2) is 4.57 Å². The van der Waals surface area contributed by atoms with Crippen LogP contribution in [0.4, 0.5) is 17.1 Å². The lowest BCUT2D eigenvalue weighted by Gasteiger charge is -2.26. The van der Waals surface area contributed by atoms with Gasteiger partial charge in [-0.1, -0.05) is 164 Å². The number of rotatable bonds is 7. The average Bonchev–Trinajstić information content (AvgIpc) is 3.92. The van der Waals surface area contributed by atoms with E-state index in [-0.39, 0.29) is 0 Å². The molecule has 0 saturated heterocycles. The normalized spacial score (nSPS) is 11.7. The molecule has 2 aromatic heterocycles. The van der Waals surface area contributed by atoms with Gasteiger partial charge in [-0.05, 0) is 128 Å². The number of benzene rings is 11. The van der Waals surface area contributed by atoms with Crippen LogP contribution in [0, 0.1) is 0 Å². The summed E-state index contributed by atoms with van der Waals surface area (Å²) in [6.45, 7) is 0. The summed E-state index contributed by atoms with van der Waals surface area (Å²) >= 11 is 0. The molecular weight excluding hydrogens is 789 g/mol. The molecule has 65 heavy (non-hydrogen) atoms. The van der Waals surface area contributed by atoms with E-state index in [9.17, 15) is 0 Å². The molecule has 0 fully saturated rings. The molecule has 0 spiro atoms. The number of hydrogen-bond acceptors (Lipinski definition) is 2. The largest absolute Gasteiger partial charge is 0.456 e. The zero-order valence-corrected chi connectivity index (χ0v) is 35.4. The van der Waals surface area contributed by atoms with E-state index < -0.39 is 0 Å². The third-order valence-electron chi connectivity index (χ3n) is 13.2. The molecule has 0 atom stereocenters. The minimum absolute atomic E-state index is 0.897. The highest BCUT2D eigenvalue weighted by atomic mass is 16.3. The SMILES string of the molecule is c1ccc(-n2c3ccccc3c3ccccc32)c(-c2ccc(N(c3ccc(-c4ccc5c(ccc6ccccc65)c4)cc3)c3ccc(-c4ccc5c(c4)oc4ccccc45)cc3)cc2)c1. The summed E-state index contributed by atoms with van der Waals surface area (Å²) in [4.78, 5) is 2.35. The Hall–Kier alpha value is -8.66. The van der Waals surface area contributed by atoms with Crippen LogP contribution in [0.1, 0.15) is 0 Å². The molecule has 3 heteroatoms. The maximum atomic E-state index is 6.27. The van der Waals surface area contributed by atoms with Crippen LogP contribution in [0.15, 0.2) is 247 Å². The molecule has 0 N–H and O–H groups in total. The smallest absolute Gasteiger partial charge is 0.136 e. The molecule has 0 unspecified atom stereocenters. The van der Waals surface area contributed by atoms with Crippen LogP contribution < -0.4 is 4.90 Å². The van der Waals surface area contributed by atoms with Gasteiger partial charge in [0.25, 0.3) is 0 Å². The molecule has 0 saturated carbocycles. The molecule has 2 heterocycles. The summed E-state index contributed by atoms with van der Waals surface area (Å²) in [5.74, 6) is 0. The van der Waals surface area contributed by atoms with E-state index in [1.54, 1.807) is 0 Å². The fourth-order valence-corrected chi connectivity index (χ4v) is 10.0. The van der Waals surface area contributed by atoms with Crippen molar-refractivity contribution in [2.45, 2.75) is 0 Å². The van der Waals surface area contributed by atoms with Gasteiger partial charge < -0.3 is 13.9 Å². The Labute approximate surface area is 376 Å². The van der Waals surface area contributed by atoms with Gasteiger partial charge in [-0.3, -0.25) is 0 Å². The van der Waals surface area contributed by atoms with E-state index in [0.717, 1.165) is 61.4 Å². The van der Waals surface area contributed by atoms with Gasteiger partial charge in [0, 0.05) is 44.2 Å². The summed E-state index contributed by atoms with van der Waals surface area (Å²) in [5, 5.41) is 9.84. The second-order valence-corrected chi connectivity index (χ2v) is 16.9. The summed E-state index contributed by atoms with van der Waals surface area (Å²) in [6.07, 6.45) is 0. The first-order chi connectivity index (χ1) is 32.2. The van der Waals surface area contributed by atoms with Gasteiger partial charge in [0.2, 0.25) is 0 Å². The predicted molar refractivity (Wildman–Crippen MR) is 274 cm³/mol. The zero-order valence-electron chi connectivity index (χ0n) is 35.4. The number of hydrogen-bond donors (Lipinski definition) is 0. The Morgan fingerprint density at radius 2 is 0.754 bits per heavy atom. The van der Waals surface area contributed by atoms with Crippen LogP contribution in [0.2, 0.25) is 0 Å². The average molecular weight is 829 g/mol. The number of fused-ring (bicyclic) bond motifs is 9. The first kappa shape index (κ1) is 36.9. The van der Waals surface area contributed by atoms with Gasteiger partial charge in [0.05, 0.1) is 16.7 Å². The molecule has 0 aliphatic carbocycles. The lowest BCUT2D eigenvalue weighted by molar-refractivity contribution is 0.669. The van der Waals surface area contributed by atoms with Crippen LogP contribution in [0.5, 0.6) is 0 Å². The van der Waals surface area contributed by atoms with E-state index in [4.69, 9.17) is 4.42 Å². The minimum atomic E-state index is 0.897. The molecule has 3 nitrogen and oxygen atoms in total. The number of para-hydroxylation sites is 4. The molecule has 0 radical (unpaired) electrons. The molecule has 304 valence electrons. The molecule has 13 rings (SSSR count). The lowest BCUT2D eigenvalue weighted by Crippen LogP contribution is -2.09. The van der Waals surface area contributed by atoms with Crippen molar-refractivity contribution in [3.63, 3.8) is 0 Å². The lowest BCUT2D eigenvalue weighted by atomic mass is 9.97. The second-order valence-electron chi connectivity index (χ2n) is 16.9. The van der Waals surface area contributed by atoms with E-state index in [2.05, 4.69) is 240 Å². The fourth-order valence-electron chi connectivity index (χ4n) is 10.0. The molecular formula is C62H40N2O. The summed E-state index contributed by atoms with van der Waals surface area (Å²) in [7, 11) is 0. The van der Waals surface area contributed by atoms with Crippen molar-refractivity contribution < 1.29 is 4.42 Å². The maximum absolute atomic E-state index is 6.27. The van der Waals surface area contributed by atoms with Gasteiger partial charge in [-0.2, -0.15) is 0 Å². The Kier molecular flexibility index (Phi) is 8.53. The Morgan fingerprint density at radius 1 is 0.292 bits per heavy atom. The van der Waals surface area contributed by atoms with Crippen molar-refractivity contribution in [1.29, 1.82) is 0 Å². The molecule has 0 aliphatic rings. The molecule has 0 amide bonds. The van der Waals surface area contributed by atoms with Gasteiger partial charge in [-0.25, -0.2) is 0 Å². The van der Waals surface area contributed by atoms with Gasteiger partial charge >= 0.3 is 0 Å². The first-order valence-electron chi connectivity index (χ1n) is 22.2. The van der Waals surface area contributed by atoms with Crippen LogP contribution in [0.25, 0.3) is 104 Å². The van der Waals surface area contributed by atoms with E-state index in [1.807, 2.05) is 12.1 Å². The van der Waals surface area contributed by atoms with Crippen molar-refractivity contribution in [3.05, 3.63) is 243 Å². The number of nitrogens with zero attached hydrogens (tertiary/aromatic N) is 2. The highest BCUT2D eigenvalue weighted by Gasteiger charge is 2.18. The molecule has 0 bridgehead atoms. The molecule has 13 aromatic rings. The monoisotopic (exact) mass is 828 g/mol. The summed E-state index contributed by atoms with van der Waals surface area (Å²) in [6, 6.07) is 87.7. The third-order valence-corrected chi connectivity index (χ3v) is 13.2. The van der Waals surface area contributed by atoms with Crippen LogP contribution >= 0.6 is 0 Å². The third kappa shape index (κ3) is 6.20. The summed E-state index contributed by atoms with van der Waals surface area (Å²) < 4.78 is 8.68. The van der Waals surface area contributed by atoms with Crippen molar-refractivity contribution in [2.75, 3.05) is 4.90 Å². The van der Waals surface area contributed by atoms with Gasteiger partial charge in [0.1, 0.15) is 11.2 Å². The molecule has 11 aromatic carbocycles. The van der Waals surface area contributed by atoms with E-state index in [1.165, 1.54) is 60.0 Å². The van der Waals surface area contributed by atoms with Crippen molar-refractivity contribution in [1.82, 2.24) is 4.57 Å². The minimum Gasteiger partial charge on any atom is -0.456 e. The van der Waals surface area contributed by atoms with Crippen LogP contribution in [0.3, 0.4) is 0 Å². The van der Waals surface area contributed by atoms with Crippen LogP contribution in [-0.2, 0) is 0 Å². The number of furan rings is 1. The Morgan fingerprint density at radius 3 is 1.43 bits per heavy atom. The van der Waals surface area contributed by atoms with Crippen molar-refractivity contribution in [3.8, 4) is 39.1 Å². The van der Waals surface area contributed by atoms with E-state index in [0.29, 0.717) is 0 Å². The second kappa shape index (κ2) is 15.0. The standard InChI is InChI=1S/C62H40N2O/c1-2-12-51-43(11-1)21-22-47-39-45(29-37-52(47)51)41-23-31-48(32-24-41)63(49-33-25-42(26-34-49)46-30-38-57-56-16-6-10-20-61(56)65-62(57)40-46)50-35-27-44(28-36-50)53-13-3-7-17-58(53)64-59-18-8-4-14-54(59)55-15-5-9-19-60(55)64/h1-40H. The maximum Gasteiger partial charge on any atom is 0.136 e. The number of aromatic nitrogens is 1. The molecule has 0 aliphatic heterocycles. The first-order valence-corrected chi connectivity index (χ1v) is 22.2.